The first-order valence-electron chi connectivity index (χ1n) is 7.70. The summed E-state index contributed by atoms with van der Waals surface area (Å²) in [4.78, 5) is 11.7. The topological polar surface area (TPSA) is 85.6 Å². The van der Waals surface area contributed by atoms with Crippen LogP contribution in [0.3, 0.4) is 0 Å². The van der Waals surface area contributed by atoms with Crippen LogP contribution in [-0.4, -0.2) is 13.2 Å². The average Bonchev–Trinajstić information content (AvgIpc) is 2.99. The van der Waals surface area contributed by atoms with Crippen LogP contribution in [0.5, 0.6) is 5.75 Å². The summed E-state index contributed by atoms with van der Waals surface area (Å²) in [6, 6.07) is 7.37. The van der Waals surface area contributed by atoms with Crippen molar-refractivity contribution in [1.82, 2.24) is 10.9 Å². The minimum Gasteiger partial charge on any atom is -0.496 e. The Hall–Kier alpha value is -2.65. The highest BCUT2D eigenvalue weighted by atomic mass is 35.5. The first-order valence-corrected chi connectivity index (χ1v) is 8.08. The van der Waals surface area contributed by atoms with Crippen molar-refractivity contribution in [3.8, 4) is 5.75 Å². The first kappa shape index (κ1) is 19.1. The number of carbonyl (C=O) groups excluding carboxylic acids is 1. The quantitative estimate of drug-likeness (QED) is 0.682. The van der Waals surface area contributed by atoms with Gasteiger partial charge in [-0.1, -0.05) is 23.7 Å². The molecule has 6 nitrogen and oxygen atoms in total. The molecule has 0 spiro atoms. The van der Waals surface area contributed by atoms with E-state index < -0.39 is 23.6 Å². The minimum absolute atomic E-state index is 0.0281. The number of cyclic esters (lactones) is 1. The largest absolute Gasteiger partial charge is 0.496 e. The predicted molar refractivity (Wildman–Crippen MR) is 92.0 cm³/mol. The number of alkyl halides is 3. The van der Waals surface area contributed by atoms with Gasteiger partial charge in [-0.2, -0.15) is 18.6 Å². The van der Waals surface area contributed by atoms with Gasteiger partial charge in [0.1, 0.15) is 5.75 Å². The third-order valence-corrected chi connectivity index (χ3v) is 4.48. The van der Waals surface area contributed by atoms with E-state index in [0.29, 0.717) is 22.6 Å². The van der Waals surface area contributed by atoms with Crippen LogP contribution in [0.1, 0.15) is 16.7 Å². The van der Waals surface area contributed by atoms with E-state index in [1.807, 2.05) is 0 Å². The number of nitrogens with one attached hydrogen (secondary N) is 2. The van der Waals surface area contributed by atoms with E-state index in [0.717, 1.165) is 12.1 Å². The highest BCUT2D eigenvalue weighted by molar-refractivity contribution is 6.33. The first-order chi connectivity index (χ1) is 12.6. The van der Waals surface area contributed by atoms with Gasteiger partial charge in [-0.3, -0.25) is 5.43 Å². The smallest absolute Gasteiger partial charge is 0.423 e. The summed E-state index contributed by atoms with van der Waals surface area (Å²) >= 11 is 6.07. The molecule has 2 aromatic carbocycles. The lowest BCUT2D eigenvalue weighted by Crippen LogP contribution is -2.44. The number of nitrogens with two attached hydrogens (primary N) is 1. The molecule has 1 aliphatic rings. The number of ether oxygens (including phenoxy) is 2. The van der Waals surface area contributed by atoms with Crippen molar-refractivity contribution >= 4 is 23.4 Å². The molecule has 1 amide bonds. The van der Waals surface area contributed by atoms with Crippen molar-refractivity contribution in [1.29, 1.82) is 0 Å². The molecule has 0 radical (unpaired) electrons. The summed E-state index contributed by atoms with van der Waals surface area (Å²) in [7, 11) is 1.43. The van der Waals surface area contributed by atoms with Gasteiger partial charge in [0.2, 0.25) is 5.72 Å². The molecule has 2 aromatic rings. The van der Waals surface area contributed by atoms with Gasteiger partial charge in [0.05, 0.1) is 23.4 Å². The van der Waals surface area contributed by atoms with E-state index in [1.165, 1.54) is 25.3 Å². The van der Waals surface area contributed by atoms with Crippen LogP contribution in [0.2, 0.25) is 5.02 Å². The molecule has 27 heavy (non-hydrogen) atoms. The zero-order valence-corrected chi connectivity index (χ0v) is 14.7. The monoisotopic (exact) mass is 401 g/mol. The Morgan fingerprint density at radius 1 is 1.26 bits per heavy atom. The Morgan fingerprint density at radius 2 is 1.93 bits per heavy atom. The van der Waals surface area contributed by atoms with Crippen molar-refractivity contribution in [2.45, 2.75) is 18.3 Å². The summed E-state index contributed by atoms with van der Waals surface area (Å²) in [5.74, 6) is 0.396. The van der Waals surface area contributed by atoms with Gasteiger partial charge in [0.25, 0.3) is 0 Å². The van der Waals surface area contributed by atoms with Crippen LogP contribution in [0.25, 0.3) is 0 Å². The summed E-state index contributed by atoms with van der Waals surface area (Å²) in [5, 5.41) is 0.269. The van der Waals surface area contributed by atoms with Crippen LogP contribution in [0, 0.1) is 0 Å². The fraction of sp³-hybridized carbons (Fsp3) is 0.235. The molecule has 0 saturated carbocycles. The van der Waals surface area contributed by atoms with Gasteiger partial charge in [0, 0.05) is 23.6 Å². The molecule has 10 heteroatoms. The average molecular weight is 402 g/mol. The zero-order chi connectivity index (χ0) is 19.8. The number of hydrogen-bond acceptors (Lipinski definition) is 5. The molecule has 0 bridgehead atoms. The number of methoxy groups -OCH3 is 1. The second-order valence-corrected chi connectivity index (χ2v) is 6.31. The number of rotatable bonds is 4. The molecule has 1 heterocycles. The van der Waals surface area contributed by atoms with E-state index in [4.69, 9.17) is 26.8 Å². The van der Waals surface area contributed by atoms with E-state index in [-0.39, 0.29) is 11.4 Å². The Bertz CT molecular complexity index is 874. The van der Waals surface area contributed by atoms with Gasteiger partial charge >= 0.3 is 12.3 Å². The maximum Gasteiger partial charge on any atom is 0.423 e. The van der Waals surface area contributed by atoms with Gasteiger partial charge in [-0.25, -0.2) is 4.79 Å². The molecule has 0 aliphatic carbocycles. The molecule has 3 rings (SSSR count). The van der Waals surface area contributed by atoms with Crippen LogP contribution in [0.15, 0.2) is 36.4 Å². The summed E-state index contributed by atoms with van der Waals surface area (Å²) in [6.45, 7) is 0. The lowest BCUT2D eigenvalue weighted by atomic mass is 9.93. The molecule has 144 valence electrons. The van der Waals surface area contributed by atoms with Crippen molar-refractivity contribution in [2.24, 2.45) is 0 Å². The van der Waals surface area contributed by atoms with Crippen molar-refractivity contribution < 1.29 is 27.4 Å². The van der Waals surface area contributed by atoms with Gasteiger partial charge < -0.3 is 15.2 Å². The molecular weight excluding hydrogens is 387 g/mol. The Labute approximate surface area is 157 Å². The Morgan fingerprint density at radius 3 is 2.44 bits per heavy atom. The normalized spacial score (nSPS) is 19.5. The van der Waals surface area contributed by atoms with E-state index >= 15 is 0 Å². The van der Waals surface area contributed by atoms with Gasteiger partial charge in [0.15, 0.2) is 0 Å². The SMILES string of the molecule is COc1cc(N)c(Cl)cc1CC1(c2ccc(C(F)(F)F)cc2)NNC(=O)O1. The number of hydrazine groups is 1. The fourth-order valence-corrected chi connectivity index (χ4v) is 3.00. The third kappa shape index (κ3) is 3.74. The number of nitrogen functional groups attached to an aromatic ring is 1. The summed E-state index contributed by atoms with van der Waals surface area (Å²) < 4.78 is 49.1. The van der Waals surface area contributed by atoms with E-state index in [9.17, 15) is 18.0 Å². The fourth-order valence-electron chi connectivity index (χ4n) is 2.81. The van der Waals surface area contributed by atoms with Crippen LogP contribution >= 0.6 is 11.6 Å². The number of benzene rings is 2. The van der Waals surface area contributed by atoms with Crippen molar-refractivity contribution in [3.05, 3.63) is 58.1 Å². The van der Waals surface area contributed by atoms with Crippen LogP contribution in [-0.2, 0) is 23.1 Å². The number of hydrogen-bond donors (Lipinski definition) is 3. The van der Waals surface area contributed by atoms with E-state index in [2.05, 4.69) is 10.9 Å². The Balaban J connectivity index is 2.02. The number of anilines is 1. The van der Waals surface area contributed by atoms with Crippen molar-refractivity contribution in [3.63, 3.8) is 0 Å². The van der Waals surface area contributed by atoms with E-state index in [1.54, 1.807) is 6.07 Å². The Kier molecular flexibility index (Phi) is 4.83. The zero-order valence-electron chi connectivity index (χ0n) is 14.0. The van der Waals surface area contributed by atoms with Crippen LogP contribution in [0.4, 0.5) is 23.7 Å². The molecule has 0 aromatic heterocycles. The molecule has 1 saturated heterocycles. The standard InChI is InChI=1S/C17H15ClF3N3O3/c1-26-14-7-13(22)12(18)6-9(14)8-16(24-23-15(25)27-16)10-2-4-11(5-3-10)17(19,20)21/h2-7,24H,8,22H2,1H3,(H,23,25). The number of amides is 1. The van der Waals surface area contributed by atoms with Gasteiger partial charge in [-0.15, -0.1) is 0 Å². The number of carbonyl (C=O) groups is 1. The molecule has 4 N–H and O–H groups in total. The summed E-state index contributed by atoms with van der Waals surface area (Å²) in [5.41, 5.74) is 9.65. The lowest BCUT2D eigenvalue weighted by molar-refractivity contribution is -0.137. The molecule has 1 unspecified atom stereocenters. The third-order valence-electron chi connectivity index (χ3n) is 4.15. The second kappa shape index (κ2) is 6.82. The number of halogens is 4. The van der Waals surface area contributed by atoms with Gasteiger partial charge in [-0.05, 0) is 18.2 Å². The highest BCUT2D eigenvalue weighted by Gasteiger charge is 2.43. The minimum atomic E-state index is -4.47. The maximum atomic E-state index is 12.8. The summed E-state index contributed by atoms with van der Waals surface area (Å²) in [6.07, 6.45) is -5.21. The molecule has 1 fully saturated rings. The molecule has 1 aliphatic heterocycles. The highest BCUT2D eigenvalue weighted by Crippen LogP contribution is 2.37. The van der Waals surface area contributed by atoms with Crippen molar-refractivity contribution in [2.75, 3.05) is 12.8 Å². The maximum absolute atomic E-state index is 12.8. The lowest BCUT2D eigenvalue weighted by Gasteiger charge is -2.28. The molecular formula is C17H15ClF3N3O3. The predicted octanol–water partition coefficient (Wildman–Crippen LogP) is 3.59. The van der Waals surface area contributed by atoms with Crippen LogP contribution < -0.4 is 21.3 Å². The molecule has 1 atom stereocenters. The second-order valence-electron chi connectivity index (χ2n) is 5.90.